The third-order valence-electron chi connectivity index (χ3n) is 1.53. The Hall–Kier alpha value is -1.51. The first-order valence-electron chi connectivity index (χ1n) is 3.62. The first kappa shape index (κ1) is 8.59. The largest absolute Gasteiger partial charge is 0.478 e. The fourth-order valence-electron chi connectivity index (χ4n) is 0.770. The molecule has 0 atom stereocenters. The normalized spacial score (nSPS) is 11.6. The molecule has 0 saturated carbocycles. The minimum Gasteiger partial charge on any atom is -0.478 e. The van der Waals surface area contributed by atoms with Crippen molar-refractivity contribution in [2.45, 2.75) is 13.3 Å². The Morgan fingerprint density at radius 2 is 2.50 bits per heavy atom. The number of hydrogen-bond donors (Lipinski definition) is 1. The van der Waals surface area contributed by atoms with Crippen molar-refractivity contribution in [1.29, 1.82) is 0 Å². The van der Waals surface area contributed by atoms with Gasteiger partial charge in [-0.25, -0.2) is 4.79 Å². The van der Waals surface area contributed by atoms with Crippen LogP contribution in [0.4, 0.5) is 0 Å². The second kappa shape index (κ2) is 3.76. The fraction of sp³-hybridized carbons (Fsp3) is 0.222. The molecule has 64 valence electrons. The average Bonchev–Trinajstić information content (AvgIpc) is 2.51. The molecule has 12 heavy (non-hydrogen) atoms. The number of allylic oxidation sites excluding steroid dienone is 1. The highest BCUT2D eigenvalue weighted by Crippen LogP contribution is 2.03. The predicted octanol–water partition coefficient (Wildman–Crippen LogP) is 1.85. The van der Waals surface area contributed by atoms with Crippen LogP contribution in [0.15, 0.2) is 34.5 Å². The molecule has 0 spiro atoms. The van der Waals surface area contributed by atoms with Gasteiger partial charge in [-0.05, 0) is 19.1 Å². The average molecular weight is 166 g/mol. The van der Waals surface area contributed by atoms with Crippen molar-refractivity contribution in [3.63, 3.8) is 0 Å². The van der Waals surface area contributed by atoms with E-state index >= 15 is 0 Å². The SMILES string of the molecule is C/C(=C\Cc1ccco1)C(=O)O. The zero-order chi connectivity index (χ0) is 8.97. The maximum Gasteiger partial charge on any atom is 0.330 e. The molecule has 0 fully saturated rings. The van der Waals surface area contributed by atoms with E-state index < -0.39 is 5.97 Å². The van der Waals surface area contributed by atoms with Gasteiger partial charge in [0.05, 0.1) is 6.26 Å². The summed E-state index contributed by atoms with van der Waals surface area (Å²) >= 11 is 0. The van der Waals surface area contributed by atoms with E-state index in [0.29, 0.717) is 12.0 Å². The molecule has 1 aromatic rings. The Morgan fingerprint density at radius 3 is 3.00 bits per heavy atom. The number of carbonyl (C=O) groups is 1. The van der Waals surface area contributed by atoms with E-state index in [9.17, 15) is 4.79 Å². The van der Waals surface area contributed by atoms with Crippen molar-refractivity contribution in [3.8, 4) is 0 Å². The van der Waals surface area contributed by atoms with Crippen molar-refractivity contribution in [1.82, 2.24) is 0 Å². The van der Waals surface area contributed by atoms with Crippen LogP contribution in [-0.2, 0) is 11.2 Å². The molecule has 0 amide bonds. The van der Waals surface area contributed by atoms with Gasteiger partial charge in [-0.3, -0.25) is 0 Å². The van der Waals surface area contributed by atoms with Crippen LogP contribution in [-0.4, -0.2) is 11.1 Å². The fourth-order valence-corrected chi connectivity index (χ4v) is 0.770. The quantitative estimate of drug-likeness (QED) is 0.697. The molecule has 1 aromatic heterocycles. The maximum absolute atomic E-state index is 10.4. The van der Waals surface area contributed by atoms with Gasteiger partial charge in [0.2, 0.25) is 0 Å². The van der Waals surface area contributed by atoms with Crippen LogP contribution < -0.4 is 0 Å². The highest BCUT2D eigenvalue weighted by Gasteiger charge is 1.99. The Bertz CT molecular complexity index is 283. The van der Waals surface area contributed by atoms with Gasteiger partial charge in [0.1, 0.15) is 5.76 Å². The molecule has 0 unspecified atom stereocenters. The molecule has 3 heteroatoms. The molecule has 0 bridgehead atoms. The van der Waals surface area contributed by atoms with E-state index in [1.165, 1.54) is 0 Å². The minimum atomic E-state index is -0.887. The van der Waals surface area contributed by atoms with Crippen molar-refractivity contribution >= 4 is 5.97 Å². The third kappa shape index (κ3) is 2.27. The zero-order valence-electron chi connectivity index (χ0n) is 6.78. The lowest BCUT2D eigenvalue weighted by molar-refractivity contribution is -0.132. The van der Waals surface area contributed by atoms with Crippen molar-refractivity contribution in [2.75, 3.05) is 0 Å². The van der Waals surface area contributed by atoms with Gasteiger partial charge in [0.15, 0.2) is 0 Å². The highest BCUT2D eigenvalue weighted by atomic mass is 16.4. The van der Waals surface area contributed by atoms with Gasteiger partial charge in [0.25, 0.3) is 0 Å². The lowest BCUT2D eigenvalue weighted by Crippen LogP contribution is -1.96. The Labute approximate surface area is 70.3 Å². The van der Waals surface area contributed by atoms with Gasteiger partial charge in [-0.1, -0.05) is 6.08 Å². The number of aliphatic carboxylic acids is 1. The third-order valence-corrected chi connectivity index (χ3v) is 1.53. The molecule has 3 nitrogen and oxygen atoms in total. The standard InChI is InChI=1S/C9H10O3/c1-7(9(10)11)4-5-8-3-2-6-12-8/h2-4,6H,5H2,1H3,(H,10,11)/b7-4+. The number of rotatable bonds is 3. The van der Waals surface area contributed by atoms with Gasteiger partial charge < -0.3 is 9.52 Å². The second-order valence-electron chi connectivity index (χ2n) is 2.48. The molecular formula is C9H10O3. The van der Waals surface area contributed by atoms with Gasteiger partial charge >= 0.3 is 5.97 Å². The van der Waals surface area contributed by atoms with E-state index in [1.807, 2.05) is 6.07 Å². The number of furan rings is 1. The van der Waals surface area contributed by atoms with Crippen LogP contribution in [0.25, 0.3) is 0 Å². The summed E-state index contributed by atoms with van der Waals surface area (Å²) in [6.07, 6.45) is 3.73. The van der Waals surface area contributed by atoms with E-state index in [2.05, 4.69) is 0 Å². The monoisotopic (exact) mass is 166 g/mol. The zero-order valence-corrected chi connectivity index (χ0v) is 6.78. The van der Waals surface area contributed by atoms with Gasteiger partial charge in [-0.15, -0.1) is 0 Å². The van der Waals surface area contributed by atoms with E-state index in [-0.39, 0.29) is 0 Å². The minimum absolute atomic E-state index is 0.339. The lowest BCUT2D eigenvalue weighted by Gasteiger charge is -1.91. The molecule has 1 rings (SSSR count). The predicted molar refractivity (Wildman–Crippen MR) is 43.8 cm³/mol. The van der Waals surface area contributed by atoms with Crippen molar-refractivity contribution in [2.24, 2.45) is 0 Å². The van der Waals surface area contributed by atoms with E-state index in [4.69, 9.17) is 9.52 Å². The molecule has 0 radical (unpaired) electrons. The number of carboxylic acids is 1. The summed E-state index contributed by atoms with van der Waals surface area (Å²) in [5, 5.41) is 8.51. The summed E-state index contributed by atoms with van der Waals surface area (Å²) in [5.41, 5.74) is 0.339. The summed E-state index contributed by atoms with van der Waals surface area (Å²) in [5.74, 6) is -0.114. The topological polar surface area (TPSA) is 50.4 Å². The summed E-state index contributed by atoms with van der Waals surface area (Å²) in [7, 11) is 0. The molecule has 0 saturated heterocycles. The lowest BCUT2D eigenvalue weighted by atomic mass is 10.2. The van der Waals surface area contributed by atoms with Crippen LogP contribution in [0.2, 0.25) is 0 Å². The van der Waals surface area contributed by atoms with E-state index in [1.54, 1.807) is 25.3 Å². The molecule has 0 aliphatic rings. The van der Waals surface area contributed by atoms with Gasteiger partial charge in [0, 0.05) is 12.0 Å². The van der Waals surface area contributed by atoms with Crippen molar-refractivity contribution in [3.05, 3.63) is 35.8 Å². The first-order valence-corrected chi connectivity index (χ1v) is 3.62. The number of carboxylic acid groups (broad SMARTS) is 1. The van der Waals surface area contributed by atoms with Crippen LogP contribution in [0.1, 0.15) is 12.7 Å². The maximum atomic E-state index is 10.4. The summed E-state index contributed by atoms with van der Waals surface area (Å²) in [6, 6.07) is 3.59. The second-order valence-corrected chi connectivity index (χ2v) is 2.48. The Kier molecular flexibility index (Phi) is 2.69. The smallest absolute Gasteiger partial charge is 0.330 e. The van der Waals surface area contributed by atoms with E-state index in [0.717, 1.165) is 5.76 Å². The van der Waals surface area contributed by atoms with Crippen LogP contribution in [0.3, 0.4) is 0 Å². The summed E-state index contributed by atoms with van der Waals surface area (Å²) < 4.78 is 5.03. The summed E-state index contributed by atoms with van der Waals surface area (Å²) in [6.45, 7) is 1.56. The molecule has 1 N–H and O–H groups in total. The van der Waals surface area contributed by atoms with Crippen molar-refractivity contribution < 1.29 is 14.3 Å². The summed E-state index contributed by atoms with van der Waals surface area (Å²) in [4.78, 5) is 10.4. The Balaban J connectivity index is 2.55. The molecular weight excluding hydrogens is 156 g/mol. The van der Waals surface area contributed by atoms with Crippen LogP contribution in [0, 0.1) is 0 Å². The van der Waals surface area contributed by atoms with Crippen LogP contribution >= 0.6 is 0 Å². The highest BCUT2D eigenvalue weighted by molar-refractivity contribution is 5.85. The van der Waals surface area contributed by atoms with Crippen LogP contribution in [0.5, 0.6) is 0 Å². The first-order chi connectivity index (χ1) is 5.70. The number of hydrogen-bond acceptors (Lipinski definition) is 2. The molecule has 0 aliphatic carbocycles. The Morgan fingerprint density at radius 1 is 1.75 bits per heavy atom. The van der Waals surface area contributed by atoms with Gasteiger partial charge in [-0.2, -0.15) is 0 Å². The molecule has 0 aromatic carbocycles. The molecule has 1 heterocycles. The molecule has 0 aliphatic heterocycles.